The molecule has 0 N–H and O–H groups in total. The van der Waals surface area contributed by atoms with E-state index in [0.29, 0.717) is 17.9 Å². The van der Waals surface area contributed by atoms with Gasteiger partial charge in [0.2, 0.25) is 11.8 Å². The number of aromatic nitrogens is 2. The van der Waals surface area contributed by atoms with Crippen LogP contribution in [0.2, 0.25) is 0 Å². The van der Waals surface area contributed by atoms with Crippen molar-refractivity contribution in [2.24, 2.45) is 0 Å². The fourth-order valence-electron chi connectivity index (χ4n) is 1.96. The highest BCUT2D eigenvalue weighted by Crippen LogP contribution is 2.23. The third-order valence-electron chi connectivity index (χ3n) is 2.97. The molecule has 1 aromatic heterocycles. The molecular formula is C15H11N3O3. The van der Waals surface area contributed by atoms with Gasteiger partial charge in [-0.2, -0.15) is 0 Å². The first-order chi connectivity index (χ1) is 10.2. The SMILES string of the molecule is O=[N+]([O-])c1cccc(-c2nnc(Cc3ccccc3)o2)c1. The second kappa shape index (κ2) is 5.54. The van der Waals surface area contributed by atoms with Gasteiger partial charge in [0, 0.05) is 17.7 Å². The first-order valence-corrected chi connectivity index (χ1v) is 6.33. The smallest absolute Gasteiger partial charge is 0.270 e. The van der Waals surface area contributed by atoms with E-state index in [-0.39, 0.29) is 11.6 Å². The lowest BCUT2D eigenvalue weighted by molar-refractivity contribution is -0.384. The Kier molecular flexibility index (Phi) is 3.42. The van der Waals surface area contributed by atoms with Crippen LogP contribution in [-0.2, 0) is 6.42 Å². The Hall–Kier alpha value is -3.02. The quantitative estimate of drug-likeness (QED) is 0.541. The lowest BCUT2D eigenvalue weighted by Crippen LogP contribution is -1.88. The summed E-state index contributed by atoms with van der Waals surface area (Å²) >= 11 is 0. The zero-order valence-corrected chi connectivity index (χ0v) is 11.0. The molecule has 0 spiro atoms. The number of nitrogens with zero attached hydrogens (tertiary/aromatic N) is 3. The van der Waals surface area contributed by atoms with E-state index >= 15 is 0 Å². The van der Waals surface area contributed by atoms with Gasteiger partial charge in [-0.15, -0.1) is 10.2 Å². The number of non-ortho nitro benzene ring substituents is 1. The molecule has 3 rings (SSSR count). The predicted octanol–water partition coefficient (Wildman–Crippen LogP) is 3.24. The van der Waals surface area contributed by atoms with E-state index in [1.54, 1.807) is 12.1 Å². The second-order valence-corrected chi connectivity index (χ2v) is 4.47. The van der Waals surface area contributed by atoms with Crippen molar-refractivity contribution in [3.8, 4) is 11.5 Å². The average molecular weight is 281 g/mol. The maximum Gasteiger partial charge on any atom is 0.270 e. The summed E-state index contributed by atoms with van der Waals surface area (Å²) in [6.45, 7) is 0. The minimum atomic E-state index is -0.454. The third-order valence-corrected chi connectivity index (χ3v) is 2.97. The molecule has 21 heavy (non-hydrogen) atoms. The van der Waals surface area contributed by atoms with Gasteiger partial charge in [-0.05, 0) is 11.6 Å². The van der Waals surface area contributed by atoms with Gasteiger partial charge in [0.1, 0.15) is 0 Å². The Labute approximate surface area is 120 Å². The van der Waals surface area contributed by atoms with Gasteiger partial charge in [0.15, 0.2) is 0 Å². The molecule has 0 bridgehead atoms. The van der Waals surface area contributed by atoms with Crippen LogP contribution in [0.15, 0.2) is 59.0 Å². The number of nitro benzene ring substituents is 1. The van der Waals surface area contributed by atoms with Crippen LogP contribution in [0.1, 0.15) is 11.5 Å². The molecule has 6 nitrogen and oxygen atoms in total. The van der Waals surface area contributed by atoms with Gasteiger partial charge >= 0.3 is 0 Å². The molecule has 0 aliphatic carbocycles. The predicted molar refractivity (Wildman–Crippen MR) is 75.6 cm³/mol. The van der Waals surface area contributed by atoms with Gasteiger partial charge in [-0.1, -0.05) is 36.4 Å². The summed E-state index contributed by atoms with van der Waals surface area (Å²) in [4.78, 5) is 10.3. The standard InChI is InChI=1S/C15H11N3O3/c19-18(20)13-8-4-7-12(10-13)15-17-16-14(21-15)9-11-5-2-1-3-6-11/h1-8,10H,9H2. The molecule has 0 saturated carbocycles. The molecule has 0 radical (unpaired) electrons. The van der Waals surface area contributed by atoms with Crippen LogP contribution in [-0.4, -0.2) is 15.1 Å². The second-order valence-electron chi connectivity index (χ2n) is 4.47. The van der Waals surface area contributed by atoms with Crippen molar-refractivity contribution in [3.63, 3.8) is 0 Å². The molecule has 1 heterocycles. The zero-order chi connectivity index (χ0) is 14.7. The lowest BCUT2D eigenvalue weighted by Gasteiger charge is -1.96. The van der Waals surface area contributed by atoms with Crippen LogP contribution >= 0.6 is 0 Å². The molecule has 0 fully saturated rings. The molecule has 0 saturated heterocycles. The molecule has 0 aliphatic heterocycles. The van der Waals surface area contributed by atoms with Crippen LogP contribution in [0.4, 0.5) is 5.69 Å². The highest BCUT2D eigenvalue weighted by atomic mass is 16.6. The Morgan fingerprint density at radius 1 is 1.05 bits per heavy atom. The van der Waals surface area contributed by atoms with E-state index in [1.807, 2.05) is 30.3 Å². The molecule has 0 amide bonds. The van der Waals surface area contributed by atoms with E-state index in [9.17, 15) is 10.1 Å². The fraction of sp³-hybridized carbons (Fsp3) is 0.0667. The number of hydrogen-bond acceptors (Lipinski definition) is 5. The summed E-state index contributed by atoms with van der Waals surface area (Å²) in [5, 5.41) is 18.7. The normalized spacial score (nSPS) is 10.5. The largest absolute Gasteiger partial charge is 0.420 e. The molecule has 0 atom stereocenters. The molecular weight excluding hydrogens is 270 g/mol. The number of nitro groups is 1. The van der Waals surface area contributed by atoms with Crippen molar-refractivity contribution in [2.45, 2.75) is 6.42 Å². The maximum absolute atomic E-state index is 10.8. The zero-order valence-electron chi connectivity index (χ0n) is 11.0. The molecule has 6 heteroatoms. The highest BCUT2D eigenvalue weighted by Gasteiger charge is 2.12. The maximum atomic E-state index is 10.8. The van der Waals surface area contributed by atoms with Crippen LogP contribution in [0.3, 0.4) is 0 Å². The van der Waals surface area contributed by atoms with Crippen molar-refractivity contribution >= 4 is 5.69 Å². The lowest BCUT2D eigenvalue weighted by atomic mass is 10.1. The molecule has 0 aliphatic rings. The van der Waals surface area contributed by atoms with Crippen molar-refractivity contribution < 1.29 is 9.34 Å². The molecule has 3 aromatic rings. The summed E-state index contributed by atoms with van der Waals surface area (Å²) in [6.07, 6.45) is 0.531. The van der Waals surface area contributed by atoms with Gasteiger partial charge in [-0.3, -0.25) is 10.1 Å². The van der Waals surface area contributed by atoms with Gasteiger partial charge < -0.3 is 4.42 Å². The van der Waals surface area contributed by atoms with Gasteiger partial charge in [-0.25, -0.2) is 0 Å². The fourth-order valence-corrected chi connectivity index (χ4v) is 1.96. The number of hydrogen-bond donors (Lipinski definition) is 0. The van der Waals surface area contributed by atoms with Gasteiger partial charge in [0.05, 0.1) is 11.3 Å². The van der Waals surface area contributed by atoms with E-state index in [2.05, 4.69) is 10.2 Å². The minimum Gasteiger partial charge on any atom is -0.420 e. The van der Waals surface area contributed by atoms with Crippen molar-refractivity contribution in [1.29, 1.82) is 0 Å². The number of rotatable bonds is 4. The van der Waals surface area contributed by atoms with E-state index in [1.165, 1.54) is 12.1 Å². The summed E-state index contributed by atoms with van der Waals surface area (Å²) < 4.78 is 5.56. The Morgan fingerprint density at radius 3 is 2.62 bits per heavy atom. The average Bonchev–Trinajstić information content (AvgIpc) is 2.97. The Morgan fingerprint density at radius 2 is 1.86 bits per heavy atom. The first-order valence-electron chi connectivity index (χ1n) is 6.33. The van der Waals surface area contributed by atoms with Crippen molar-refractivity contribution in [1.82, 2.24) is 10.2 Å². The Bertz CT molecular complexity index is 769. The number of benzene rings is 2. The molecule has 2 aromatic carbocycles. The van der Waals surface area contributed by atoms with Crippen molar-refractivity contribution in [3.05, 3.63) is 76.2 Å². The first kappa shape index (κ1) is 13.0. The topological polar surface area (TPSA) is 82.1 Å². The molecule has 104 valence electrons. The highest BCUT2D eigenvalue weighted by molar-refractivity contribution is 5.57. The van der Waals surface area contributed by atoms with Crippen LogP contribution in [0, 0.1) is 10.1 Å². The summed E-state index contributed by atoms with van der Waals surface area (Å²) in [7, 11) is 0. The Balaban J connectivity index is 1.85. The summed E-state index contributed by atoms with van der Waals surface area (Å²) in [5.74, 6) is 0.757. The molecule has 0 unspecified atom stereocenters. The van der Waals surface area contributed by atoms with E-state index in [4.69, 9.17) is 4.42 Å². The van der Waals surface area contributed by atoms with Crippen LogP contribution in [0.5, 0.6) is 0 Å². The summed E-state index contributed by atoms with van der Waals surface area (Å²) in [5.41, 5.74) is 1.60. The van der Waals surface area contributed by atoms with Crippen molar-refractivity contribution in [2.75, 3.05) is 0 Å². The third kappa shape index (κ3) is 2.94. The summed E-state index contributed by atoms with van der Waals surface area (Å²) in [6, 6.07) is 15.9. The van der Waals surface area contributed by atoms with E-state index in [0.717, 1.165) is 5.56 Å². The van der Waals surface area contributed by atoms with Crippen LogP contribution in [0.25, 0.3) is 11.5 Å². The monoisotopic (exact) mass is 281 g/mol. The van der Waals surface area contributed by atoms with Gasteiger partial charge in [0.25, 0.3) is 5.69 Å². The minimum absolute atomic E-state index is 0.00434. The van der Waals surface area contributed by atoms with Crippen LogP contribution < -0.4 is 0 Å². The van der Waals surface area contributed by atoms with E-state index < -0.39 is 4.92 Å².